The number of aryl methyl sites for hydroxylation is 1. The van der Waals surface area contributed by atoms with Crippen LogP contribution in [0.4, 0.5) is 18.9 Å². The third kappa shape index (κ3) is 8.96. The first-order valence-electron chi connectivity index (χ1n) is 14.0. The number of phenolic OH excluding ortho intramolecular Hbond substituents is 1. The lowest BCUT2D eigenvalue weighted by molar-refractivity contribution is -0.134. The van der Waals surface area contributed by atoms with Crippen molar-refractivity contribution in [3.8, 4) is 23.0 Å². The Hall–Kier alpha value is -4.66. The second-order valence-electron chi connectivity index (χ2n) is 10.2. The Morgan fingerprint density at radius 1 is 1.04 bits per heavy atom. The highest BCUT2D eigenvalue weighted by molar-refractivity contribution is 9.10. The number of rotatable bonds is 14. The molecule has 46 heavy (non-hydrogen) atoms. The number of hydrogen-bond donors (Lipinski definition) is 2. The summed E-state index contributed by atoms with van der Waals surface area (Å²) >= 11 is 3.46. The predicted molar refractivity (Wildman–Crippen MR) is 165 cm³/mol. The topological polar surface area (TPSA) is 138 Å². The van der Waals surface area contributed by atoms with Crippen LogP contribution in [0.15, 0.2) is 53.0 Å². The number of ether oxygens (including phenoxy) is 3. The highest BCUT2D eigenvalue weighted by atomic mass is 79.9. The van der Waals surface area contributed by atoms with Crippen molar-refractivity contribution in [3.63, 3.8) is 0 Å². The van der Waals surface area contributed by atoms with Gasteiger partial charge in [-0.15, -0.1) is 5.10 Å². The first-order valence-corrected chi connectivity index (χ1v) is 14.8. The Morgan fingerprint density at radius 2 is 1.74 bits per heavy atom. The van der Waals surface area contributed by atoms with E-state index in [1.165, 1.54) is 23.7 Å². The van der Waals surface area contributed by atoms with Crippen molar-refractivity contribution >= 4 is 33.3 Å². The molecule has 0 bridgehead atoms. The number of carbonyl (C=O) groups is 2. The number of anilines is 1. The van der Waals surface area contributed by atoms with Gasteiger partial charge >= 0.3 is 6.18 Å². The first-order chi connectivity index (χ1) is 21.9. The van der Waals surface area contributed by atoms with E-state index in [9.17, 15) is 27.9 Å². The number of alkyl halides is 3. The zero-order valence-electron chi connectivity index (χ0n) is 25.2. The van der Waals surface area contributed by atoms with Crippen LogP contribution in [0.5, 0.6) is 23.0 Å². The second kappa shape index (κ2) is 15.1. The molecule has 1 amide bonds. The molecule has 4 aromatic rings. The lowest BCUT2D eigenvalue weighted by atomic mass is 10.0. The zero-order chi connectivity index (χ0) is 33.4. The van der Waals surface area contributed by atoms with Crippen LogP contribution in [0.25, 0.3) is 0 Å². The highest BCUT2D eigenvalue weighted by Gasteiger charge is 2.29. The molecule has 0 aliphatic carbocycles. The van der Waals surface area contributed by atoms with Gasteiger partial charge in [-0.05, 0) is 88.1 Å². The summed E-state index contributed by atoms with van der Waals surface area (Å²) < 4.78 is 57.4. The van der Waals surface area contributed by atoms with E-state index in [2.05, 4.69) is 36.8 Å². The van der Waals surface area contributed by atoms with E-state index in [-0.39, 0.29) is 42.5 Å². The van der Waals surface area contributed by atoms with Gasteiger partial charge in [0.2, 0.25) is 5.82 Å². The third-order valence-electron chi connectivity index (χ3n) is 6.83. The van der Waals surface area contributed by atoms with E-state index >= 15 is 0 Å². The van der Waals surface area contributed by atoms with Crippen molar-refractivity contribution in [2.75, 3.05) is 25.6 Å². The summed E-state index contributed by atoms with van der Waals surface area (Å²) in [5.41, 5.74) is 1.92. The molecule has 0 saturated carbocycles. The van der Waals surface area contributed by atoms with Gasteiger partial charge in [-0.25, -0.2) is 4.68 Å². The SMILES string of the molecule is COc1ccc(Cn2nnnc2C(=O)Nc2cc(OCCCOc3ccc(C(C)=O)c(O)c3CCC(F)(F)F)c(Br)cc2C)cc1. The van der Waals surface area contributed by atoms with Gasteiger partial charge in [0.05, 0.1) is 36.9 Å². The van der Waals surface area contributed by atoms with Crippen molar-refractivity contribution in [3.05, 3.63) is 81.1 Å². The minimum Gasteiger partial charge on any atom is -0.507 e. The maximum Gasteiger partial charge on any atom is 0.389 e. The van der Waals surface area contributed by atoms with E-state index in [0.717, 1.165) is 11.1 Å². The van der Waals surface area contributed by atoms with E-state index in [4.69, 9.17) is 14.2 Å². The molecular formula is C31H31BrF3N5O6. The van der Waals surface area contributed by atoms with Gasteiger partial charge < -0.3 is 24.6 Å². The van der Waals surface area contributed by atoms with Crippen LogP contribution >= 0.6 is 15.9 Å². The smallest absolute Gasteiger partial charge is 0.389 e. The summed E-state index contributed by atoms with van der Waals surface area (Å²) in [7, 11) is 1.57. The number of benzene rings is 3. The summed E-state index contributed by atoms with van der Waals surface area (Å²) in [4.78, 5) is 24.9. The number of phenols is 1. The summed E-state index contributed by atoms with van der Waals surface area (Å²) in [6.45, 7) is 3.50. The molecule has 244 valence electrons. The Balaban J connectivity index is 1.36. The summed E-state index contributed by atoms with van der Waals surface area (Å²) in [5.74, 6) is -0.325. The summed E-state index contributed by atoms with van der Waals surface area (Å²) in [6.07, 6.45) is -5.84. The predicted octanol–water partition coefficient (Wildman–Crippen LogP) is 6.30. The minimum absolute atomic E-state index is 0.00901. The largest absolute Gasteiger partial charge is 0.507 e. The van der Waals surface area contributed by atoms with Gasteiger partial charge in [0.1, 0.15) is 23.0 Å². The Morgan fingerprint density at radius 3 is 2.39 bits per heavy atom. The molecule has 3 aromatic carbocycles. The van der Waals surface area contributed by atoms with Crippen molar-refractivity contribution in [1.29, 1.82) is 0 Å². The molecule has 2 N–H and O–H groups in total. The molecule has 0 unspecified atom stereocenters. The summed E-state index contributed by atoms with van der Waals surface area (Å²) in [6, 6.07) is 13.4. The third-order valence-corrected chi connectivity index (χ3v) is 7.45. The molecule has 4 rings (SSSR count). The molecule has 11 nitrogen and oxygen atoms in total. The van der Waals surface area contributed by atoms with Crippen LogP contribution in [-0.4, -0.2) is 63.5 Å². The normalized spacial score (nSPS) is 11.3. The minimum atomic E-state index is -4.45. The molecule has 1 aromatic heterocycles. The van der Waals surface area contributed by atoms with Crippen molar-refractivity contribution in [2.24, 2.45) is 0 Å². The number of nitrogens with one attached hydrogen (secondary N) is 1. The number of hydrogen-bond acceptors (Lipinski definition) is 9. The molecule has 0 saturated heterocycles. The van der Waals surface area contributed by atoms with Crippen LogP contribution in [0.2, 0.25) is 0 Å². The van der Waals surface area contributed by atoms with Gasteiger partial charge in [0, 0.05) is 30.2 Å². The summed E-state index contributed by atoms with van der Waals surface area (Å²) in [5, 5.41) is 24.7. The average Bonchev–Trinajstić information content (AvgIpc) is 3.46. The number of halogens is 4. The molecular weight excluding hydrogens is 675 g/mol. The van der Waals surface area contributed by atoms with Crippen molar-refractivity contribution in [1.82, 2.24) is 20.2 Å². The lowest BCUT2D eigenvalue weighted by Crippen LogP contribution is -2.20. The monoisotopic (exact) mass is 705 g/mol. The molecule has 0 aliphatic heterocycles. The standard InChI is InChI=1S/C31H31BrF3N5O6/c1-18-15-24(32)27(16-25(18)36-30(43)29-37-38-39-40(29)17-20-5-7-21(44-3)8-6-20)46-14-4-13-45-26-10-9-22(19(2)41)28(42)23(26)11-12-31(33,34)35/h5-10,15-16,42H,4,11-14,17H2,1-3H3,(H,36,43). The molecule has 0 spiro atoms. The number of tetrazole rings is 1. The maximum absolute atomic E-state index is 13.1. The lowest BCUT2D eigenvalue weighted by Gasteiger charge is -2.16. The number of methoxy groups -OCH3 is 1. The van der Waals surface area contributed by atoms with E-state index in [1.54, 1.807) is 31.4 Å². The van der Waals surface area contributed by atoms with Gasteiger partial charge in [-0.1, -0.05) is 12.1 Å². The number of carbonyl (C=O) groups excluding carboxylic acids is 2. The molecule has 15 heteroatoms. The van der Waals surface area contributed by atoms with Gasteiger partial charge in [-0.3, -0.25) is 9.59 Å². The van der Waals surface area contributed by atoms with Gasteiger partial charge in [0.15, 0.2) is 5.78 Å². The zero-order valence-corrected chi connectivity index (χ0v) is 26.7. The number of ketones is 1. The Labute approximate surface area is 270 Å². The fourth-order valence-electron chi connectivity index (χ4n) is 4.42. The van der Waals surface area contributed by atoms with Crippen LogP contribution in [-0.2, 0) is 13.0 Å². The maximum atomic E-state index is 13.1. The van der Waals surface area contributed by atoms with Crippen molar-refractivity contribution in [2.45, 2.75) is 45.8 Å². The van der Waals surface area contributed by atoms with Gasteiger partial charge in [0.25, 0.3) is 5.91 Å². The number of nitrogens with zero attached hydrogens (tertiary/aromatic N) is 4. The Bertz CT molecular complexity index is 1700. The fraction of sp³-hybridized carbons (Fsp3) is 0.323. The molecule has 1 heterocycles. The molecule has 0 radical (unpaired) electrons. The van der Waals surface area contributed by atoms with Crippen LogP contribution < -0.4 is 19.5 Å². The first kappa shape index (κ1) is 34.2. The van der Waals surface area contributed by atoms with Crippen LogP contribution in [0.3, 0.4) is 0 Å². The Kier molecular flexibility index (Phi) is 11.2. The average molecular weight is 707 g/mol. The van der Waals surface area contributed by atoms with Crippen LogP contribution in [0, 0.1) is 6.92 Å². The van der Waals surface area contributed by atoms with Gasteiger partial charge in [-0.2, -0.15) is 13.2 Å². The second-order valence-corrected chi connectivity index (χ2v) is 11.1. The molecule has 0 atom stereocenters. The molecule has 0 aliphatic rings. The van der Waals surface area contributed by atoms with Crippen molar-refractivity contribution < 1.29 is 42.1 Å². The fourth-order valence-corrected chi connectivity index (χ4v) is 4.99. The quantitative estimate of drug-likeness (QED) is 0.114. The number of aromatic hydroxyl groups is 1. The number of Topliss-reactive ketones (excluding diaryl/α,β-unsaturated/α-hetero) is 1. The van der Waals surface area contributed by atoms with Crippen LogP contribution in [0.1, 0.15) is 57.4 Å². The highest BCUT2D eigenvalue weighted by Crippen LogP contribution is 2.36. The number of aromatic nitrogens is 4. The number of amides is 1. The van der Waals surface area contributed by atoms with E-state index in [1.807, 2.05) is 19.1 Å². The van der Waals surface area contributed by atoms with E-state index in [0.29, 0.717) is 28.1 Å². The molecule has 0 fully saturated rings. The van der Waals surface area contributed by atoms with E-state index < -0.39 is 36.5 Å².